The summed E-state index contributed by atoms with van der Waals surface area (Å²) in [6.45, 7) is 7.23. The molecular formula is C18H21NOS. The van der Waals surface area contributed by atoms with Gasteiger partial charge in [-0.3, -0.25) is 0 Å². The van der Waals surface area contributed by atoms with Gasteiger partial charge in [0.2, 0.25) is 0 Å². The molecule has 2 aliphatic rings. The molecule has 0 saturated heterocycles. The van der Waals surface area contributed by atoms with Crippen molar-refractivity contribution in [2.24, 2.45) is 16.8 Å². The van der Waals surface area contributed by atoms with Crippen molar-refractivity contribution in [2.45, 2.75) is 31.7 Å². The van der Waals surface area contributed by atoms with Crippen molar-refractivity contribution >= 4 is 17.7 Å². The van der Waals surface area contributed by atoms with Crippen LogP contribution in [-0.2, 0) is 4.74 Å². The Labute approximate surface area is 131 Å². The zero-order valence-corrected chi connectivity index (χ0v) is 13.6. The predicted molar refractivity (Wildman–Crippen MR) is 89.8 cm³/mol. The fraction of sp³-hybridized carbons (Fsp3) is 0.389. The Hall–Kier alpha value is -1.48. The molecule has 2 atom stereocenters. The molecule has 1 aromatic rings. The number of thioether (sulfide) groups is 1. The molecule has 1 aliphatic heterocycles. The van der Waals surface area contributed by atoms with Gasteiger partial charge in [0.05, 0.1) is 12.0 Å². The van der Waals surface area contributed by atoms with E-state index in [0.29, 0.717) is 12.0 Å². The highest BCUT2D eigenvalue weighted by Gasteiger charge is 2.30. The fourth-order valence-electron chi connectivity index (χ4n) is 2.42. The molecule has 1 heterocycles. The molecular weight excluding hydrogens is 278 g/mol. The van der Waals surface area contributed by atoms with E-state index in [0.717, 1.165) is 12.5 Å². The Kier molecular flexibility index (Phi) is 4.20. The highest BCUT2D eigenvalue weighted by atomic mass is 32.2. The van der Waals surface area contributed by atoms with Crippen molar-refractivity contribution in [3.05, 3.63) is 53.0 Å². The van der Waals surface area contributed by atoms with Gasteiger partial charge in [-0.2, -0.15) is 0 Å². The van der Waals surface area contributed by atoms with Gasteiger partial charge in [-0.1, -0.05) is 61.5 Å². The summed E-state index contributed by atoms with van der Waals surface area (Å²) in [7, 11) is 0. The number of hydrogen-bond acceptors (Lipinski definition) is 3. The van der Waals surface area contributed by atoms with Gasteiger partial charge in [-0.05, 0) is 25.0 Å². The van der Waals surface area contributed by atoms with Gasteiger partial charge in [0.25, 0.3) is 0 Å². The Morgan fingerprint density at radius 1 is 1.24 bits per heavy atom. The van der Waals surface area contributed by atoms with Crippen LogP contribution in [0.2, 0.25) is 0 Å². The average molecular weight is 299 g/mol. The van der Waals surface area contributed by atoms with E-state index < -0.39 is 0 Å². The zero-order chi connectivity index (χ0) is 14.8. The Bertz CT molecular complexity index is 598. The number of hydrogen-bond donors (Lipinski definition) is 0. The van der Waals surface area contributed by atoms with Crippen LogP contribution >= 0.6 is 11.8 Å². The van der Waals surface area contributed by atoms with Crippen LogP contribution in [0.1, 0.15) is 19.4 Å². The summed E-state index contributed by atoms with van der Waals surface area (Å²) in [6, 6.07) is 8.95. The van der Waals surface area contributed by atoms with E-state index in [2.05, 4.69) is 63.3 Å². The molecule has 0 spiro atoms. The summed E-state index contributed by atoms with van der Waals surface area (Å²) in [5.41, 5.74) is 1.29. The minimum atomic E-state index is 0.194. The maximum Gasteiger partial charge on any atom is 0.195 e. The quantitative estimate of drug-likeness (QED) is 0.809. The second-order valence-corrected chi connectivity index (χ2v) is 7.08. The predicted octanol–water partition coefficient (Wildman–Crippen LogP) is 4.61. The molecule has 0 radical (unpaired) electrons. The maximum absolute atomic E-state index is 5.84. The van der Waals surface area contributed by atoms with Gasteiger partial charge in [0, 0.05) is 9.80 Å². The Morgan fingerprint density at radius 2 is 2.00 bits per heavy atom. The molecule has 2 nitrogen and oxygen atoms in total. The third kappa shape index (κ3) is 3.24. The van der Waals surface area contributed by atoms with Crippen LogP contribution in [0.5, 0.6) is 0 Å². The maximum atomic E-state index is 5.84. The highest BCUT2D eigenvalue weighted by molar-refractivity contribution is 8.03. The lowest BCUT2D eigenvalue weighted by Gasteiger charge is -2.13. The number of aliphatic imine (C=N–C) groups is 1. The molecule has 21 heavy (non-hydrogen) atoms. The van der Waals surface area contributed by atoms with Crippen molar-refractivity contribution in [1.29, 1.82) is 0 Å². The zero-order valence-electron chi connectivity index (χ0n) is 12.7. The monoisotopic (exact) mass is 299 g/mol. The first-order valence-corrected chi connectivity index (χ1v) is 8.28. The molecule has 0 fully saturated rings. The van der Waals surface area contributed by atoms with Crippen molar-refractivity contribution in [3.63, 3.8) is 0 Å². The highest BCUT2D eigenvalue weighted by Crippen LogP contribution is 2.37. The first kappa shape index (κ1) is 14.5. The standard InChI is InChI=1S/C18H21NOS/c1-12(2)16-11-20-18(19-16)15-5-4-6-17(15)21-14-9-7-13(3)8-10-14/h4-10,12,15-16H,11H2,1-3H3/t15?,16-/m1/s1. The van der Waals surface area contributed by atoms with Gasteiger partial charge in [-0.15, -0.1) is 0 Å². The van der Waals surface area contributed by atoms with Gasteiger partial charge in [0.1, 0.15) is 6.61 Å². The molecule has 3 rings (SSSR count). The molecule has 0 saturated carbocycles. The largest absolute Gasteiger partial charge is 0.478 e. The summed E-state index contributed by atoms with van der Waals surface area (Å²) < 4.78 is 5.84. The van der Waals surface area contributed by atoms with Crippen molar-refractivity contribution in [1.82, 2.24) is 0 Å². The van der Waals surface area contributed by atoms with Crippen LogP contribution in [0, 0.1) is 18.8 Å². The molecule has 1 aromatic carbocycles. The lowest BCUT2D eigenvalue weighted by Crippen LogP contribution is -2.13. The number of rotatable bonds is 4. The van der Waals surface area contributed by atoms with Crippen LogP contribution in [0.15, 0.2) is 57.3 Å². The SMILES string of the molecule is Cc1ccc(SC2=CC=CC2C2=N[C@@H](C(C)C)CO2)cc1. The summed E-state index contributed by atoms with van der Waals surface area (Å²) in [4.78, 5) is 7.32. The lowest BCUT2D eigenvalue weighted by molar-refractivity contribution is 0.284. The van der Waals surface area contributed by atoms with Crippen molar-refractivity contribution in [3.8, 4) is 0 Å². The summed E-state index contributed by atoms with van der Waals surface area (Å²) in [5.74, 6) is 1.61. The van der Waals surface area contributed by atoms with E-state index in [-0.39, 0.29) is 5.92 Å². The van der Waals surface area contributed by atoms with Crippen molar-refractivity contribution < 1.29 is 4.74 Å². The number of aryl methyl sites for hydroxylation is 1. The molecule has 1 aliphatic carbocycles. The summed E-state index contributed by atoms with van der Waals surface area (Å²) in [6.07, 6.45) is 6.46. The molecule has 0 aromatic heterocycles. The van der Waals surface area contributed by atoms with Gasteiger partial charge >= 0.3 is 0 Å². The van der Waals surface area contributed by atoms with Crippen LogP contribution < -0.4 is 0 Å². The average Bonchev–Trinajstić information content (AvgIpc) is 3.09. The third-order valence-corrected chi connectivity index (χ3v) is 4.99. The molecule has 1 unspecified atom stereocenters. The minimum absolute atomic E-state index is 0.194. The van der Waals surface area contributed by atoms with Gasteiger partial charge in [-0.25, -0.2) is 4.99 Å². The van der Waals surface area contributed by atoms with E-state index in [1.807, 2.05) is 0 Å². The van der Waals surface area contributed by atoms with E-state index in [1.54, 1.807) is 11.8 Å². The molecule has 0 N–H and O–H groups in total. The van der Waals surface area contributed by atoms with Gasteiger partial charge in [0.15, 0.2) is 5.90 Å². The third-order valence-electron chi connectivity index (χ3n) is 3.86. The Morgan fingerprint density at radius 3 is 2.67 bits per heavy atom. The number of nitrogens with zero attached hydrogens (tertiary/aromatic N) is 1. The molecule has 0 bridgehead atoms. The topological polar surface area (TPSA) is 21.6 Å². The number of allylic oxidation sites excluding steroid dienone is 2. The lowest BCUT2D eigenvalue weighted by atomic mass is 10.1. The van der Waals surface area contributed by atoms with E-state index >= 15 is 0 Å². The molecule has 3 heteroatoms. The number of ether oxygens (including phenoxy) is 1. The molecule has 110 valence electrons. The van der Waals surface area contributed by atoms with Crippen molar-refractivity contribution in [2.75, 3.05) is 6.61 Å². The van der Waals surface area contributed by atoms with E-state index in [4.69, 9.17) is 9.73 Å². The smallest absolute Gasteiger partial charge is 0.195 e. The van der Waals surface area contributed by atoms with Crippen LogP contribution in [0.25, 0.3) is 0 Å². The van der Waals surface area contributed by atoms with Crippen LogP contribution in [0.3, 0.4) is 0 Å². The first-order valence-electron chi connectivity index (χ1n) is 7.47. The second-order valence-electron chi connectivity index (χ2n) is 5.94. The summed E-state index contributed by atoms with van der Waals surface area (Å²) >= 11 is 1.80. The minimum Gasteiger partial charge on any atom is -0.478 e. The normalized spacial score (nSPS) is 24.2. The van der Waals surface area contributed by atoms with Gasteiger partial charge < -0.3 is 4.74 Å². The fourth-order valence-corrected chi connectivity index (χ4v) is 3.42. The second kappa shape index (κ2) is 6.10. The number of benzene rings is 1. The van der Waals surface area contributed by atoms with Crippen LogP contribution in [-0.4, -0.2) is 18.5 Å². The van der Waals surface area contributed by atoms with Crippen LogP contribution in [0.4, 0.5) is 0 Å². The van der Waals surface area contributed by atoms with E-state index in [1.165, 1.54) is 15.4 Å². The molecule has 0 amide bonds. The summed E-state index contributed by atoms with van der Waals surface area (Å²) in [5, 5.41) is 0. The van der Waals surface area contributed by atoms with E-state index in [9.17, 15) is 0 Å². The Balaban J connectivity index is 1.72. The first-order chi connectivity index (χ1) is 10.1.